The van der Waals surface area contributed by atoms with Crippen molar-refractivity contribution >= 4 is 5.91 Å². The summed E-state index contributed by atoms with van der Waals surface area (Å²) in [6.07, 6.45) is 0. The van der Waals surface area contributed by atoms with Gasteiger partial charge >= 0.3 is 0 Å². The maximum Gasteiger partial charge on any atom is 0.252 e. The lowest BCUT2D eigenvalue weighted by Crippen LogP contribution is -2.14. The van der Waals surface area contributed by atoms with Crippen LogP contribution in [0.5, 0.6) is 5.75 Å². The molecule has 0 heterocycles. The normalized spacial score (nSPS) is 9.77. The number of carbonyl (C=O) groups is 1. The molecule has 1 amide bonds. The molecule has 0 bridgehead atoms. The average molecular weight is 179 g/mol. The third-order valence-electron chi connectivity index (χ3n) is 2.16. The van der Waals surface area contributed by atoms with Crippen LogP contribution in [-0.2, 0) is 0 Å². The lowest BCUT2D eigenvalue weighted by molar-refractivity contribution is 0.0996. The number of methoxy groups -OCH3 is 1. The van der Waals surface area contributed by atoms with Crippen molar-refractivity contribution in [2.75, 3.05) is 7.11 Å². The number of hydrogen-bond acceptors (Lipinski definition) is 2. The maximum atomic E-state index is 11.1. The van der Waals surface area contributed by atoms with Gasteiger partial charge in [-0.2, -0.15) is 0 Å². The topological polar surface area (TPSA) is 52.3 Å². The smallest absolute Gasteiger partial charge is 0.252 e. The van der Waals surface area contributed by atoms with Crippen LogP contribution in [0.15, 0.2) is 12.1 Å². The number of hydrogen-bond donors (Lipinski definition) is 1. The van der Waals surface area contributed by atoms with Crippen molar-refractivity contribution in [3.63, 3.8) is 0 Å². The van der Waals surface area contributed by atoms with Crippen LogP contribution in [0.1, 0.15) is 21.5 Å². The van der Waals surface area contributed by atoms with Crippen LogP contribution in [-0.4, -0.2) is 13.0 Å². The molecule has 0 unspecified atom stereocenters. The molecule has 0 aromatic heterocycles. The van der Waals surface area contributed by atoms with Crippen molar-refractivity contribution in [1.29, 1.82) is 0 Å². The van der Waals surface area contributed by atoms with E-state index < -0.39 is 5.91 Å². The van der Waals surface area contributed by atoms with Gasteiger partial charge in [0.2, 0.25) is 0 Å². The van der Waals surface area contributed by atoms with Gasteiger partial charge in [-0.25, -0.2) is 0 Å². The fourth-order valence-electron chi connectivity index (χ4n) is 1.27. The van der Waals surface area contributed by atoms with Crippen molar-refractivity contribution in [2.45, 2.75) is 13.8 Å². The second-order valence-electron chi connectivity index (χ2n) is 2.95. The van der Waals surface area contributed by atoms with Crippen LogP contribution in [0.3, 0.4) is 0 Å². The molecular formula is C10H13NO2. The molecule has 70 valence electrons. The number of carbonyl (C=O) groups excluding carboxylic acids is 1. The Balaban J connectivity index is 3.41. The van der Waals surface area contributed by atoms with Crippen LogP contribution < -0.4 is 10.5 Å². The molecule has 1 aromatic carbocycles. The van der Waals surface area contributed by atoms with E-state index in [1.54, 1.807) is 6.07 Å². The number of benzene rings is 1. The van der Waals surface area contributed by atoms with Gasteiger partial charge in [-0.05, 0) is 31.0 Å². The molecule has 3 heteroatoms. The molecule has 0 atom stereocenters. The fourth-order valence-corrected chi connectivity index (χ4v) is 1.27. The van der Waals surface area contributed by atoms with Crippen LogP contribution >= 0.6 is 0 Å². The van der Waals surface area contributed by atoms with E-state index >= 15 is 0 Å². The van der Waals surface area contributed by atoms with E-state index in [1.165, 1.54) is 7.11 Å². The van der Waals surface area contributed by atoms with E-state index in [1.807, 2.05) is 19.9 Å². The molecule has 0 fully saturated rings. The highest BCUT2D eigenvalue weighted by atomic mass is 16.5. The minimum Gasteiger partial charge on any atom is -0.496 e. The van der Waals surface area contributed by atoms with Gasteiger partial charge in [0, 0.05) is 0 Å². The Morgan fingerprint density at radius 2 is 2.00 bits per heavy atom. The molecule has 1 aromatic rings. The van der Waals surface area contributed by atoms with Gasteiger partial charge in [0.05, 0.1) is 12.7 Å². The largest absolute Gasteiger partial charge is 0.496 e. The Labute approximate surface area is 77.5 Å². The van der Waals surface area contributed by atoms with Gasteiger partial charge in [-0.15, -0.1) is 0 Å². The highest BCUT2D eigenvalue weighted by Crippen LogP contribution is 2.23. The maximum absolute atomic E-state index is 11.1. The van der Waals surface area contributed by atoms with Crippen LogP contribution in [0.2, 0.25) is 0 Å². The minimum atomic E-state index is -0.446. The SMILES string of the molecule is COc1ccc(C)c(C)c1C(N)=O. The minimum absolute atomic E-state index is 0.446. The summed E-state index contributed by atoms with van der Waals surface area (Å²) in [4.78, 5) is 11.1. The van der Waals surface area contributed by atoms with Crippen molar-refractivity contribution in [3.8, 4) is 5.75 Å². The molecule has 0 aliphatic rings. The Morgan fingerprint density at radius 3 is 2.46 bits per heavy atom. The molecular weight excluding hydrogens is 166 g/mol. The molecule has 0 aliphatic carbocycles. The van der Waals surface area contributed by atoms with Crippen molar-refractivity contribution < 1.29 is 9.53 Å². The number of rotatable bonds is 2. The van der Waals surface area contributed by atoms with E-state index in [-0.39, 0.29) is 0 Å². The summed E-state index contributed by atoms with van der Waals surface area (Å²) in [6.45, 7) is 3.79. The zero-order chi connectivity index (χ0) is 10.0. The van der Waals surface area contributed by atoms with E-state index in [0.717, 1.165) is 11.1 Å². The lowest BCUT2D eigenvalue weighted by atomic mass is 10.0. The standard InChI is InChI=1S/C10H13NO2/c1-6-4-5-8(13-3)9(7(6)2)10(11)12/h4-5H,1-3H3,(H2,11,12). The predicted molar refractivity (Wildman–Crippen MR) is 51.0 cm³/mol. The van der Waals surface area contributed by atoms with Crippen molar-refractivity contribution in [3.05, 3.63) is 28.8 Å². The van der Waals surface area contributed by atoms with Gasteiger partial charge in [-0.3, -0.25) is 4.79 Å². The zero-order valence-electron chi connectivity index (χ0n) is 8.05. The van der Waals surface area contributed by atoms with E-state index in [9.17, 15) is 4.79 Å². The summed E-state index contributed by atoms with van der Waals surface area (Å²) >= 11 is 0. The summed E-state index contributed by atoms with van der Waals surface area (Å²) in [5, 5.41) is 0. The Hall–Kier alpha value is -1.51. The molecule has 0 spiro atoms. The summed E-state index contributed by atoms with van der Waals surface area (Å²) < 4.78 is 5.04. The number of amides is 1. The van der Waals surface area contributed by atoms with Gasteiger partial charge in [0.15, 0.2) is 0 Å². The Bertz CT molecular complexity index is 345. The van der Waals surface area contributed by atoms with Crippen LogP contribution in [0.25, 0.3) is 0 Å². The van der Waals surface area contributed by atoms with Gasteiger partial charge in [0.25, 0.3) is 5.91 Å². The van der Waals surface area contributed by atoms with Gasteiger partial charge < -0.3 is 10.5 Å². The molecule has 2 N–H and O–H groups in total. The summed E-state index contributed by atoms with van der Waals surface area (Å²) in [7, 11) is 1.52. The Kier molecular flexibility index (Phi) is 2.56. The van der Waals surface area contributed by atoms with Crippen molar-refractivity contribution in [2.24, 2.45) is 5.73 Å². The first kappa shape index (κ1) is 9.58. The zero-order valence-corrected chi connectivity index (χ0v) is 8.05. The lowest BCUT2D eigenvalue weighted by Gasteiger charge is -2.10. The monoisotopic (exact) mass is 179 g/mol. The van der Waals surface area contributed by atoms with Gasteiger partial charge in [0.1, 0.15) is 5.75 Å². The molecule has 0 radical (unpaired) electrons. The number of ether oxygens (including phenoxy) is 1. The summed E-state index contributed by atoms with van der Waals surface area (Å²) in [5.74, 6) is 0.0913. The van der Waals surface area contributed by atoms with Crippen LogP contribution in [0, 0.1) is 13.8 Å². The van der Waals surface area contributed by atoms with Crippen molar-refractivity contribution in [1.82, 2.24) is 0 Å². The highest BCUT2D eigenvalue weighted by Gasteiger charge is 2.12. The van der Waals surface area contributed by atoms with Crippen LogP contribution in [0.4, 0.5) is 0 Å². The molecule has 1 rings (SSSR count). The first-order chi connectivity index (χ1) is 6.07. The van der Waals surface area contributed by atoms with E-state index in [4.69, 9.17) is 10.5 Å². The predicted octanol–water partition coefficient (Wildman–Crippen LogP) is 1.41. The van der Waals surface area contributed by atoms with E-state index in [0.29, 0.717) is 11.3 Å². The second-order valence-corrected chi connectivity index (χ2v) is 2.95. The van der Waals surface area contributed by atoms with Gasteiger partial charge in [-0.1, -0.05) is 6.07 Å². The Morgan fingerprint density at radius 1 is 1.38 bits per heavy atom. The van der Waals surface area contributed by atoms with E-state index in [2.05, 4.69) is 0 Å². The third-order valence-corrected chi connectivity index (χ3v) is 2.16. The molecule has 0 saturated carbocycles. The second kappa shape index (κ2) is 3.47. The molecule has 13 heavy (non-hydrogen) atoms. The molecule has 0 saturated heterocycles. The third kappa shape index (κ3) is 1.64. The molecule has 0 aliphatic heterocycles. The summed E-state index contributed by atoms with van der Waals surface area (Å²) in [6, 6.07) is 3.66. The summed E-state index contributed by atoms with van der Waals surface area (Å²) in [5.41, 5.74) is 7.63. The first-order valence-corrected chi connectivity index (χ1v) is 4.02. The molecule has 3 nitrogen and oxygen atoms in total. The fraction of sp³-hybridized carbons (Fsp3) is 0.300. The highest BCUT2D eigenvalue weighted by molar-refractivity contribution is 5.97. The quantitative estimate of drug-likeness (QED) is 0.746. The number of nitrogens with two attached hydrogens (primary N) is 1. The average Bonchev–Trinajstić information content (AvgIpc) is 2.08. The number of aryl methyl sites for hydroxylation is 1. The first-order valence-electron chi connectivity index (χ1n) is 4.02. The number of primary amides is 1.